The van der Waals surface area contributed by atoms with Crippen molar-refractivity contribution in [3.63, 3.8) is 0 Å². The lowest BCUT2D eigenvalue weighted by molar-refractivity contribution is 0.483. The first kappa shape index (κ1) is 14.0. The van der Waals surface area contributed by atoms with Crippen LogP contribution >= 0.6 is 0 Å². The molecular weight excluding hydrogens is 243 g/mol. The van der Waals surface area contributed by atoms with Crippen LogP contribution < -0.4 is 10.6 Å². The highest BCUT2D eigenvalue weighted by Crippen LogP contribution is 2.49. The molecule has 1 saturated carbocycles. The Morgan fingerprint density at radius 3 is 2.68 bits per heavy atom. The third-order valence-electron chi connectivity index (χ3n) is 3.65. The molecule has 0 spiro atoms. The van der Waals surface area contributed by atoms with Gasteiger partial charge in [-0.15, -0.1) is 0 Å². The standard InChI is InChI=1S/C14H23FN4/c1-3-5-14(6-7-14)10-18-12-11(15)9-17-13(19-12)16-8-4-2/h9H,3-8,10H2,1-2H3,(H2,16,17,18,19). The summed E-state index contributed by atoms with van der Waals surface area (Å²) in [6.45, 7) is 5.86. The highest BCUT2D eigenvalue weighted by molar-refractivity contribution is 5.41. The van der Waals surface area contributed by atoms with E-state index in [1.165, 1.54) is 31.9 Å². The molecule has 1 fully saturated rings. The van der Waals surface area contributed by atoms with Crippen LogP contribution in [-0.4, -0.2) is 23.1 Å². The van der Waals surface area contributed by atoms with E-state index < -0.39 is 0 Å². The number of halogens is 1. The smallest absolute Gasteiger partial charge is 0.224 e. The van der Waals surface area contributed by atoms with Gasteiger partial charge in [0.2, 0.25) is 5.95 Å². The molecule has 1 aliphatic carbocycles. The zero-order valence-corrected chi connectivity index (χ0v) is 11.8. The van der Waals surface area contributed by atoms with Crippen LogP contribution in [0.4, 0.5) is 16.2 Å². The lowest BCUT2D eigenvalue weighted by Gasteiger charge is -2.16. The summed E-state index contributed by atoms with van der Waals surface area (Å²) in [7, 11) is 0. The second-order valence-corrected chi connectivity index (χ2v) is 5.42. The Balaban J connectivity index is 1.95. The van der Waals surface area contributed by atoms with E-state index in [0.717, 1.165) is 19.5 Å². The number of aromatic nitrogens is 2. The molecule has 5 heteroatoms. The van der Waals surface area contributed by atoms with Crippen molar-refractivity contribution in [3.05, 3.63) is 12.0 Å². The summed E-state index contributed by atoms with van der Waals surface area (Å²) in [6, 6.07) is 0. The molecule has 2 N–H and O–H groups in total. The molecule has 0 aliphatic heterocycles. The normalized spacial score (nSPS) is 16.2. The van der Waals surface area contributed by atoms with E-state index in [4.69, 9.17) is 0 Å². The maximum atomic E-state index is 13.7. The fraction of sp³-hybridized carbons (Fsp3) is 0.714. The Bertz CT molecular complexity index is 418. The molecule has 0 saturated heterocycles. The van der Waals surface area contributed by atoms with Crippen molar-refractivity contribution in [1.82, 2.24) is 9.97 Å². The number of hydrogen-bond donors (Lipinski definition) is 2. The predicted octanol–water partition coefficient (Wildman–Crippen LogP) is 3.43. The van der Waals surface area contributed by atoms with Gasteiger partial charge >= 0.3 is 0 Å². The molecule has 1 heterocycles. The first-order valence-electron chi connectivity index (χ1n) is 7.19. The van der Waals surface area contributed by atoms with Gasteiger partial charge in [-0.25, -0.2) is 9.37 Å². The van der Waals surface area contributed by atoms with Gasteiger partial charge < -0.3 is 10.6 Å². The molecule has 0 amide bonds. The molecule has 1 aliphatic rings. The van der Waals surface area contributed by atoms with Crippen LogP contribution in [0.2, 0.25) is 0 Å². The molecule has 2 rings (SSSR count). The van der Waals surface area contributed by atoms with Gasteiger partial charge in [0, 0.05) is 13.1 Å². The molecule has 19 heavy (non-hydrogen) atoms. The first-order chi connectivity index (χ1) is 9.19. The second-order valence-electron chi connectivity index (χ2n) is 5.42. The summed E-state index contributed by atoms with van der Waals surface area (Å²) in [5, 5.41) is 6.22. The van der Waals surface area contributed by atoms with E-state index in [-0.39, 0.29) is 5.82 Å². The average molecular weight is 266 g/mol. The Kier molecular flexibility index (Phi) is 4.56. The third kappa shape index (κ3) is 3.78. The Morgan fingerprint density at radius 2 is 2.05 bits per heavy atom. The highest BCUT2D eigenvalue weighted by Gasteiger charge is 2.41. The Morgan fingerprint density at radius 1 is 1.26 bits per heavy atom. The number of anilines is 2. The molecule has 1 aromatic heterocycles. The lowest BCUT2D eigenvalue weighted by Crippen LogP contribution is -2.17. The van der Waals surface area contributed by atoms with Crippen LogP contribution in [0.1, 0.15) is 46.0 Å². The maximum absolute atomic E-state index is 13.7. The van der Waals surface area contributed by atoms with E-state index >= 15 is 0 Å². The van der Waals surface area contributed by atoms with E-state index in [1.807, 2.05) is 0 Å². The van der Waals surface area contributed by atoms with Gasteiger partial charge in [0.1, 0.15) is 0 Å². The minimum atomic E-state index is -0.380. The van der Waals surface area contributed by atoms with Gasteiger partial charge in [0.15, 0.2) is 11.6 Å². The number of nitrogens with zero attached hydrogens (tertiary/aromatic N) is 2. The second kappa shape index (κ2) is 6.17. The van der Waals surface area contributed by atoms with Crippen molar-refractivity contribution in [2.24, 2.45) is 5.41 Å². The Hall–Kier alpha value is -1.39. The number of nitrogens with one attached hydrogen (secondary N) is 2. The molecule has 0 atom stereocenters. The zero-order chi connectivity index (χ0) is 13.7. The molecular formula is C14H23FN4. The van der Waals surface area contributed by atoms with Crippen molar-refractivity contribution >= 4 is 11.8 Å². The van der Waals surface area contributed by atoms with Crippen LogP contribution in [0.15, 0.2) is 6.20 Å². The minimum absolute atomic E-state index is 0.316. The molecule has 106 valence electrons. The van der Waals surface area contributed by atoms with E-state index in [1.54, 1.807) is 0 Å². The third-order valence-corrected chi connectivity index (χ3v) is 3.65. The van der Waals surface area contributed by atoms with Crippen LogP contribution in [0.25, 0.3) is 0 Å². The van der Waals surface area contributed by atoms with Gasteiger partial charge in [-0.2, -0.15) is 4.98 Å². The monoisotopic (exact) mass is 266 g/mol. The summed E-state index contributed by atoms with van der Waals surface area (Å²) in [5.74, 6) is 0.427. The largest absolute Gasteiger partial charge is 0.367 e. The fourth-order valence-electron chi connectivity index (χ4n) is 2.31. The summed E-state index contributed by atoms with van der Waals surface area (Å²) in [5.41, 5.74) is 0.378. The van der Waals surface area contributed by atoms with Gasteiger partial charge in [0.25, 0.3) is 0 Å². The van der Waals surface area contributed by atoms with Gasteiger partial charge in [-0.05, 0) is 31.1 Å². The molecule has 0 unspecified atom stereocenters. The quantitative estimate of drug-likeness (QED) is 0.757. The minimum Gasteiger partial charge on any atom is -0.367 e. The number of hydrogen-bond acceptors (Lipinski definition) is 4. The molecule has 1 aromatic rings. The van der Waals surface area contributed by atoms with Crippen LogP contribution in [0.5, 0.6) is 0 Å². The summed E-state index contributed by atoms with van der Waals surface area (Å²) in [4.78, 5) is 8.13. The van der Waals surface area contributed by atoms with Gasteiger partial charge in [-0.1, -0.05) is 20.3 Å². The molecule has 0 bridgehead atoms. The lowest BCUT2D eigenvalue weighted by atomic mass is 10.0. The van der Waals surface area contributed by atoms with Crippen molar-refractivity contribution in [2.75, 3.05) is 23.7 Å². The summed E-state index contributed by atoms with van der Waals surface area (Å²) < 4.78 is 13.7. The Labute approximate surface area is 114 Å². The van der Waals surface area contributed by atoms with E-state index in [2.05, 4.69) is 34.4 Å². The van der Waals surface area contributed by atoms with Crippen molar-refractivity contribution in [2.45, 2.75) is 46.0 Å². The molecule has 0 aromatic carbocycles. The molecule has 0 radical (unpaired) electrons. The van der Waals surface area contributed by atoms with Crippen LogP contribution in [0.3, 0.4) is 0 Å². The fourth-order valence-corrected chi connectivity index (χ4v) is 2.31. The SMILES string of the molecule is CCCNc1ncc(F)c(NCC2(CCC)CC2)n1. The zero-order valence-electron chi connectivity index (χ0n) is 11.8. The highest BCUT2D eigenvalue weighted by atomic mass is 19.1. The van der Waals surface area contributed by atoms with Crippen molar-refractivity contribution in [1.29, 1.82) is 0 Å². The number of rotatable bonds is 8. The first-order valence-corrected chi connectivity index (χ1v) is 7.19. The molecule has 4 nitrogen and oxygen atoms in total. The van der Waals surface area contributed by atoms with Gasteiger partial charge in [-0.3, -0.25) is 0 Å². The topological polar surface area (TPSA) is 49.8 Å². The van der Waals surface area contributed by atoms with Crippen LogP contribution in [-0.2, 0) is 0 Å². The average Bonchev–Trinajstić information content (AvgIpc) is 3.17. The van der Waals surface area contributed by atoms with Crippen molar-refractivity contribution < 1.29 is 4.39 Å². The maximum Gasteiger partial charge on any atom is 0.224 e. The van der Waals surface area contributed by atoms with Crippen molar-refractivity contribution in [3.8, 4) is 0 Å². The summed E-state index contributed by atoms with van der Waals surface area (Å²) in [6.07, 6.45) is 7.07. The van der Waals surface area contributed by atoms with E-state index in [9.17, 15) is 4.39 Å². The summed E-state index contributed by atoms with van der Waals surface area (Å²) >= 11 is 0. The van der Waals surface area contributed by atoms with E-state index in [0.29, 0.717) is 17.2 Å². The van der Waals surface area contributed by atoms with Crippen LogP contribution in [0, 0.1) is 11.2 Å². The predicted molar refractivity (Wildman–Crippen MR) is 75.8 cm³/mol. The van der Waals surface area contributed by atoms with Gasteiger partial charge in [0.05, 0.1) is 6.20 Å².